The normalized spacial score (nSPS) is 47.6. The molecule has 98 valence electrons. The van der Waals surface area contributed by atoms with Crippen molar-refractivity contribution in [3.05, 3.63) is 24.3 Å². The second-order valence-electron chi connectivity index (χ2n) is 6.44. The molecule has 0 bridgehead atoms. The maximum Gasteiger partial charge on any atom is 0.334 e. The first-order valence-corrected chi connectivity index (χ1v) is 6.66. The number of ether oxygens (including phenoxy) is 1. The summed E-state index contributed by atoms with van der Waals surface area (Å²) in [6, 6.07) is 0. The van der Waals surface area contributed by atoms with Crippen LogP contribution in [0.1, 0.15) is 32.6 Å². The van der Waals surface area contributed by atoms with E-state index in [1.54, 1.807) is 0 Å². The van der Waals surface area contributed by atoms with Crippen LogP contribution in [-0.4, -0.2) is 23.3 Å². The summed E-state index contributed by atoms with van der Waals surface area (Å²) in [5.74, 6) is 0.300. The SMILES string of the molecule is C=C1C[C@H](O)C[C@]2(C)C[C@H]3OC(=O)C(=C)[C@H]3CC12. The molecule has 1 saturated heterocycles. The summed E-state index contributed by atoms with van der Waals surface area (Å²) in [4.78, 5) is 11.6. The quantitative estimate of drug-likeness (QED) is 0.406. The summed E-state index contributed by atoms with van der Waals surface area (Å²) >= 11 is 0. The Labute approximate surface area is 108 Å². The number of carbonyl (C=O) groups is 1. The number of aliphatic hydroxyl groups is 1. The molecule has 2 saturated carbocycles. The molecule has 18 heavy (non-hydrogen) atoms. The largest absolute Gasteiger partial charge is 0.458 e. The van der Waals surface area contributed by atoms with Gasteiger partial charge in [0, 0.05) is 11.5 Å². The van der Waals surface area contributed by atoms with E-state index in [9.17, 15) is 9.90 Å². The van der Waals surface area contributed by atoms with Crippen LogP contribution in [0.4, 0.5) is 0 Å². The summed E-state index contributed by atoms with van der Waals surface area (Å²) in [6.45, 7) is 10.2. The second-order valence-corrected chi connectivity index (χ2v) is 6.44. The van der Waals surface area contributed by atoms with Gasteiger partial charge in [0.1, 0.15) is 6.10 Å². The van der Waals surface area contributed by atoms with E-state index in [0.717, 1.165) is 24.8 Å². The number of hydrogen-bond donors (Lipinski definition) is 1. The number of carbonyl (C=O) groups excluding carboxylic acids is 1. The maximum absolute atomic E-state index is 11.6. The van der Waals surface area contributed by atoms with Gasteiger partial charge in [0.25, 0.3) is 0 Å². The molecule has 3 heteroatoms. The molecule has 1 unspecified atom stereocenters. The Balaban J connectivity index is 1.91. The highest BCUT2D eigenvalue weighted by atomic mass is 16.6. The molecule has 0 aromatic heterocycles. The van der Waals surface area contributed by atoms with Crippen molar-refractivity contribution in [1.29, 1.82) is 0 Å². The molecule has 1 heterocycles. The number of esters is 1. The van der Waals surface area contributed by atoms with Crippen LogP contribution in [0.5, 0.6) is 0 Å². The molecule has 0 aromatic rings. The molecule has 2 aliphatic carbocycles. The molecule has 3 aliphatic rings. The van der Waals surface area contributed by atoms with Gasteiger partial charge >= 0.3 is 5.97 Å². The Hall–Kier alpha value is -1.09. The van der Waals surface area contributed by atoms with Crippen LogP contribution in [0.2, 0.25) is 0 Å². The van der Waals surface area contributed by atoms with Crippen LogP contribution in [0.25, 0.3) is 0 Å². The van der Waals surface area contributed by atoms with Crippen LogP contribution in [0, 0.1) is 17.3 Å². The van der Waals surface area contributed by atoms with Crippen LogP contribution in [0.3, 0.4) is 0 Å². The first-order valence-electron chi connectivity index (χ1n) is 6.66. The van der Waals surface area contributed by atoms with Crippen LogP contribution >= 0.6 is 0 Å². The molecule has 1 N–H and O–H groups in total. The van der Waals surface area contributed by atoms with Gasteiger partial charge in [-0.25, -0.2) is 4.79 Å². The van der Waals surface area contributed by atoms with Crippen molar-refractivity contribution in [3.63, 3.8) is 0 Å². The molecule has 0 aromatic carbocycles. The van der Waals surface area contributed by atoms with Crippen molar-refractivity contribution >= 4 is 5.97 Å². The van der Waals surface area contributed by atoms with Crippen LogP contribution in [0.15, 0.2) is 24.3 Å². The van der Waals surface area contributed by atoms with Gasteiger partial charge in [0.2, 0.25) is 0 Å². The maximum atomic E-state index is 11.6. The lowest BCUT2D eigenvalue weighted by Crippen LogP contribution is -2.46. The Bertz CT molecular complexity index is 439. The number of rotatable bonds is 0. The third-order valence-electron chi connectivity index (χ3n) is 5.11. The van der Waals surface area contributed by atoms with E-state index in [1.165, 1.54) is 0 Å². The Kier molecular flexibility index (Phi) is 2.46. The number of hydrogen-bond acceptors (Lipinski definition) is 3. The zero-order valence-electron chi connectivity index (χ0n) is 10.8. The van der Waals surface area contributed by atoms with Crippen molar-refractivity contribution in [2.75, 3.05) is 0 Å². The van der Waals surface area contributed by atoms with Crippen molar-refractivity contribution in [2.45, 2.75) is 44.8 Å². The molecule has 3 rings (SSSR count). The Morgan fingerprint density at radius 1 is 1.39 bits per heavy atom. The number of aliphatic hydroxyl groups excluding tert-OH is 1. The van der Waals surface area contributed by atoms with Gasteiger partial charge in [-0.1, -0.05) is 25.7 Å². The average molecular weight is 248 g/mol. The van der Waals surface area contributed by atoms with Crippen molar-refractivity contribution in [2.24, 2.45) is 17.3 Å². The average Bonchev–Trinajstić information content (AvgIpc) is 2.50. The van der Waals surface area contributed by atoms with Gasteiger partial charge < -0.3 is 9.84 Å². The summed E-state index contributed by atoms with van der Waals surface area (Å²) in [5, 5.41) is 9.94. The van der Waals surface area contributed by atoms with E-state index in [-0.39, 0.29) is 29.5 Å². The second kappa shape index (κ2) is 3.70. The van der Waals surface area contributed by atoms with Crippen LogP contribution < -0.4 is 0 Å². The van der Waals surface area contributed by atoms with Crippen molar-refractivity contribution < 1.29 is 14.6 Å². The molecule has 3 fully saturated rings. The predicted octanol–water partition coefficient (Wildman–Crippen LogP) is 2.21. The minimum atomic E-state index is -0.296. The first-order chi connectivity index (χ1) is 8.40. The highest BCUT2D eigenvalue weighted by molar-refractivity contribution is 5.90. The van der Waals surface area contributed by atoms with E-state index >= 15 is 0 Å². The van der Waals surface area contributed by atoms with E-state index in [4.69, 9.17) is 4.74 Å². The monoisotopic (exact) mass is 248 g/mol. The highest BCUT2D eigenvalue weighted by Crippen LogP contribution is 2.56. The zero-order chi connectivity index (χ0) is 13.1. The highest BCUT2D eigenvalue weighted by Gasteiger charge is 2.53. The van der Waals surface area contributed by atoms with E-state index in [1.807, 2.05) is 0 Å². The third kappa shape index (κ3) is 1.57. The summed E-state index contributed by atoms with van der Waals surface area (Å²) in [6.07, 6.45) is 2.86. The van der Waals surface area contributed by atoms with Gasteiger partial charge in [-0.05, 0) is 37.0 Å². The zero-order valence-corrected chi connectivity index (χ0v) is 10.8. The summed E-state index contributed by atoms with van der Waals surface area (Å²) in [5.41, 5.74) is 1.77. The van der Waals surface area contributed by atoms with Crippen molar-refractivity contribution in [1.82, 2.24) is 0 Å². The molecule has 0 radical (unpaired) electrons. The third-order valence-corrected chi connectivity index (χ3v) is 5.11. The molecular weight excluding hydrogens is 228 g/mol. The Morgan fingerprint density at radius 2 is 2.11 bits per heavy atom. The van der Waals surface area contributed by atoms with Gasteiger partial charge in [0.15, 0.2) is 0 Å². The molecule has 5 atom stereocenters. The lowest BCUT2D eigenvalue weighted by atomic mass is 9.55. The molecule has 0 spiro atoms. The molecule has 3 nitrogen and oxygen atoms in total. The Morgan fingerprint density at radius 3 is 2.83 bits per heavy atom. The van der Waals surface area contributed by atoms with E-state index in [0.29, 0.717) is 17.9 Å². The lowest BCUT2D eigenvalue weighted by Gasteiger charge is -2.50. The lowest BCUT2D eigenvalue weighted by molar-refractivity contribution is -0.142. The number of fused-ring (bicyclic) bond motifs is 2. The van der Waals surface area contributed by atoms with Gasteiger partial charge in [-0.15, -0.1) is 0 Å². The summed E-state index contributed by atoms with van der Waals surface area (Å²) < 4.78 is 5.41. The van der Waals surface area contributed by atoms with E-state index < -0.39 is 0 Å². The fourth-order valence-corrected chi connectivity index (χ4v) is 4.23. The standard InChI is InChI=1S/C15H20O3/c1-8-4-10(16)6-15(3)7-13-11(5-12(8)15)9(2)14(17)18-13/h10-13,16H,1-2,4-7H2,3H3/t10-,11+,12?,13+,15+/m0/s1. The fraction of sp³-hybridized carbons (Fsp3) is 0.667. The molecule has 0 amide bonds. The molecule has 1 aliphatic heterocycles. The molecular formula is C15H20O3. The van der Waals surface area contributed by atoms with Crippen LogP contribution in [-0.2, 0) is 9.53 Å². The first kappa shape index (κ1) is 12.0. The smallest absolute Gasteiger partial charge is 0.334 e. The minimum absolute atomic E-state index is 0.0147. The minimum Gasteiger partial charge on any atom is -0.458 e. The summed E-state index contributed by atoms with van der Waals surface area (Å²) in [7, 11) is 0. The fourth-order valence-electron chi connectivity index (χ4n) is 4.23. The topological polar surface area (TPSA) is 46.5 Å². The van der Waals surface area contributed by atoms with Gasteiger partial charge in [-0.3, -0.25) is 0 Å². The van der Waals surface area contributed by atoms with Gasteiger partial charge in [0.05, 0.1) is 6.10 Å². The van der Waals surface area contributed by atoms with Crippen molar-refractivity contribution in [3.8, 4) is 0 Å². The van der Waals surface area contributed by atoms with Gasteiger partial charge in [-0.2, -0.15) is 0 Å². The van der Waals surface area contributed by atoms with E-state index in [2.05, 4.69) is 20.1 Å². The predicted molar refractivity (Wildman–Crippen MR) is 67.7 cm³/mol.